The van der Waals surface area contributed by atoms with Crippen LogP contribution in [0.3, 0.4) is 0 Å². The first-order valence-corrected chi connectivity index (χ1v) is 3.38. The van der Waals surface area contributed by atoms with Gasteiger partial charge in [0.2, 0.25) is 0 Å². The van der Waals surface area contributed by atoms with E-state index in [2.05, 4.69) is 5.32 Å². The summed E-state index contributed by atoms with van der Waals surface area (Å²) in [6.07, 6.45) is 1.96. The minimum Gasteiger partial charge on any atom is -0.378 e. The van der Waals surface area contributed by atoms with Crippen molar-refractivity contribution in [2.45, 2.75) is 25.3 Å². The molecular weight excluding hydrogens is 150 g/mol. The van der Waals surface area contributed by atoms with Gasteiger partial charge in [0.1, 0.15) is 0 Å². The van der Waals surface area contributed by atoms with Crippen LogP contribution in [0.1, 0.15) is 21.1 Å². The highest BCUT2D eigenvalue weighted by Gasteiger charge is 2.25. The Kier molecular flexibility index (Phi) is 3.46. The summed E-state index contributed by atoms with van der Waals surface area (Å²) >= 11 is 0. The van der Waals surface area contributed by atoms with Crippen LogP contribution in [0.15, 0.2) is 0 Å². The first kappa shape index (κ1) is 8.31. The molecule has 0 spiro atoms. The molecule has 1 N–H and O–H groups in total. The van der Waals surface area contributed by atoms with E-state index in [0.717, 1.165) is 25.9 Å². The van der Waals surface area contributed by atoms with E-state index in [0.29, 0.717) is 6.90 Å². The van der Waals surface area contributed by atoms with Crippen LogP contribution in [0.4, 0.5) is 0 Å². The summed E-state index contributed by atoms with van der Waals surface area (Å²) in [5.74, 6) is 0. The van der Waals surface area contributed by atoms with Crippen LogP contribution in [0.25, 0.3) is 0 Å². The van der Waals surface area contributed by atoms with E-state index in [9.17, 15) is 0 Å². The first-order valence-electron chi connectivity index (χ1n) is 4.09. The highest BCUT2D eigenvalue weighted by molar-refractivity contribution is 5.85. The van der Waals surface area contributed by atoms with Crippen LogP contribution in [-0.2, 0) is 4.74 Å². The van der Waals surface area contributed by atoms with Gasteiger partial charge in [-0.1, -0.05) is 0 Å². The fourth-order valence-electron chi connectivity index (χ4n) is 1.09. The molecule has 10 heavy (non-hydrogen) atoms. The van der Waals surface area contributed by atoms with Gasteiger partial charge in [-0.3, -0.25) is 0 Å². The van der Waals surface area contributed by atoms with Crippen LogP contribution in [-0.4, -0.2) is 25.8 Å². The number of piperidine rings is 1. The molecule has 0 radical (unpaired) electrons. The molecule has 0 unspecified atom stereocenters. The number of ether oxygens (including phenoxy) is 1. The number of methoxy groups -OCH3 is 1. The standard InChI is InChI=1S/C7H15NO.ClH/c1-7(9-2)3-5-8-6-4-7;/h8H,3-6H2,1-2H3;1H/i1D;. The van der Waals surface area contributed by atoms with Crippen molar-refractivity contribution in [3.8, 4) is 0 Å². The highest BCUT2D eigenvalue weighted by Crippen LogP contribution is 2.20. The Labute approximate surface area is 70.1 Å². The van der Waals surface area contributed by atoms with E-state index < -0.39 is 0 Å². The fourth-order valence-corrected chi connectivity index (χ4v) is 1.09. The zero-order chi connectivity index (χ0) is 7.45. The Morgan fingerprint density at radius 2 is 2.10 bits per heavy atom. The molecule has 1 fully saturated rings. The third kappa shape index (κ3) is 2.45. The molecule has 0 aromatic heterocycles. The maximum atomic E-state index is 7.29. The molecular formula is C7H16ClNO. The van der Waals surface area contributed by atoms with Crippen molar-refractivity contribution >= 4 is 12.4 Å². The van der Waals surface area contributed by atoms with Gasteiger partial charge in [0, 0.05) is 8.48 Å². The van der Waals surface area contributed by atoms with Crippen molar-refractivity contribution in [1.82, 2.24) is 5.32 Å². The third-order valence-corrected chi connectivity index (χ3v) is 1.95. The molecule has 1 heterocycles. The van der Waals surface area contributed by atoms with Gasteiger partial charge in [0.15, 0.2) is 0 Å². The Balaban J connectivity index is 0.000001000. The van der Waals surface area contributed by atoms with Crippen LogP contribution in [0, 0.1) is 0 Å². The molecule has 1 rings (SSSR count). The minimum atomic E-state index is -0.134. The van der Waals surface area contributed by atoms with Crippen LogP contribution >= 0.6 is 12.4 Å². The lowest BCUT2D eigenvalue weighted by Crippen LogP contribution is -2.40. The number of hydrogen-bond acceptors (Lipinski definition) is 2. The molecule has 62 valence electrons. The molecule has 0 aliphatic carbocycles. The summed E-state index contributed by atoms with van der Waals surface area (Å²) in [5, 5.41) is 3.24. The quantitative estimate of drug-likeness (QED) is 0.632. The van der Waals surface area contributed by atoms with E-state index in [-0.39, 0.29) is 18.0 Å². The number of hydrogen-bond donors (Lipinski definition) is 1. The fraction of sp³-hybridized carbons (Fsp3) is 1.00. The summed E-state index contributed by atoms with van der Waals surface area (Å²) in [5.41, 5.74) is -0.134. The highest BCUT2D eigenvalue weighted by atomic mass is 35.5. The van der Waals surface area contributed by atoms with Crippen molar-refractivity contribution in [3.63, 3.8) is 0 Å². The molecule has 1 saturated heterocycles. The average molecular weight is 167 g/mol. The van der Waals surface area contributed by atoms with Gasteiger partial charge in [-0.05, 0) is 32.8 Å². The number of halogens is 1. The van der Waals surface area contributed by atoms with Crippen LogP contribution in [0.2, 0.25) is 0 Å². The lowest BCUT2D eigenvalue weighted by Gasteiger charge is -2.32. The first-order chi connectivity index (χ1) is 4.83. The Bertz CT molecular complexity index is 101. The van der Waals surface area contributed by atoms with Gasteiger partial charge < -0.3 is 10.1 Å². The van der Waals surface area contributed by atoms with Gasteiger partial charge >= 0.3 is 0 Å². The topological polar surface area (TPSA) is 21.3 Å². The van der Waals surface area contributed by atoms with E-state index in [4.69, 9.17) is 6.11 Å². The SMILES string of the molecule is Cl.[2H]CC1(OC)CCNCC1. The van der Waals surface area contributed by atoms with E-state index in [1.165, 1.54) is 0 Å². The van der Waals surface area contributed by atoms with Crippen molar-refractivity contribution in [1.29, 1.82) is 0 Å². The van der Waals surface area contributed by atoms with Crippen molar-refractivity contribution in [2.24, 2.45) is 0 Å². The minimum absolute atomic E-state index is 0. The Morgan fingerprint density at radius 1 is 1.50 bits per heavy atom. The monoisotopic (exact) mass is 166 g/mol. The van der Waals surface area contributed by atoms with Crippen LogP contribution < -0.4 is 5.32 Å². The maximum absolute atomic E-state index is 7.29. The average Bonchev–Trinajstić information content (AvgIpc) is 2.06. The number of nitrogens with one attached hydrogen (secondary N) is 1. The normalized spacial score (nSPS) is 24.7. The molecule has 0 bridgehead atoms. The van der Waals surface area contributed by atoms with Gasteiger partial charge in [-0.25, -0.2) is 0 Å². The number of rotatable bonds is 1. The Morgan fingerprint density at radius 3 is 2.40 bits per heavy atom. The smallest absolute Gasteiger partial charge is 0.0674 e. The predicted molar refractivity (Wildman–Crippen MR) is 44.8 cm³/mol. The van der Waals surface area contributed by atoms with Gasteiger partial charge in [-0.15, -0.1) is 12.4 Å². The second-order valence-electron chi connectivity index (χ2n) is 2.64. The van der Waals surface area contributed by atoms with Crippen molar-refractivity contribution < 1.29 is 6.11 Å². The maximum Gasteiger partial charge on any atom is 0.0674 e. The molecule has 1 aliphatic rings. The molecule has 0 amide bonds. The molecule has 0 aromatic carbocycles. The second-order valence-corrected chi connectivity index (χ2v) is 2.64. The second kappa shape index (κ2) is 4.16. The summed E-state index contributed by atoms with van der Waals surface area (Å²) in [6, 6.07) is 0. The van der Waals surface area contributed by atoms with Gasteiger partial charge in [0.25, 0.3) is 0 Å². The molecule has 2 nitrogen and oxygen atoms in total. The van der Waals surface area contributed by atoms with E-state index in [1.807, 2.05) is 0 Å². The third-order valence-electron chi connectivity index (χ3n) is 1.95. The molecule has 0 aromatic rings. The van der Waals surface area contributed by atoms with E-state index in [1.54, 1.807) is 7.11 Å². The Hall–Kier alpha value is 0.210. The van der Waals surface area contributed by atoms with Crippen molar-refractivity contribution in [3.05, 3.63) is 0 Å². The molecule has 0 atom stereocenters. The lowest BCUT2D eigenvalue weighted by molar-refractivity contribution is -0.0178. The summed E-state index contributed by atoms with van der Waals surface area (Å²) < 4.78 is 12.6. The zero-order valence-electron chi connectivity index (χ0n) is 7.35. The summed E-state index contributed by atoms with van der Waals surface area (Å²) in [4.78, 5) is 0. The summed E-state index contributed by atoms with van der Waals surface area (Å²) in [7, 11) is 1.71. The molecule has 1 aliphatic heterocycles. The molecule has 3 heteroatoms. The largest absolute Gasteiger partial charge is 0.378 e. The van der Waals surface area contributed by atoms with Crippen LogP contribution in [0.5, 0.6) is 0 Å². The lowest BCUT2D eigenvalue weighted by atomic mass is 9.95. The molecule has 0 saturated carbocycles. The van der Waals surface area contributed by atoms with Gasteiger partial charge in [0.05, 0.1) is 5.60 Å². The van der Waals surface area contributed by atoms with Crippen molar-refractivity contribution in [2.75, 3.05) is 20.2 Å². The predicted octanol–water partition coefficient (Wildman–Crippen LogP) is 1.20. The van der Waals surface area contributed by atoms with E-state index >= 15 is 0 Å². The summed E-state index contributed by atoms with van der Waals surface area (Å²) in [6.45, 7) is 2.38. The van der Waals surface area contributed by atoms with Gasteiger partial charge in [-0.2, -0.15) is 0 Å². The zero-order valence-corrected chi connectivity index (χ0v) is 7.17.